The molecule has 0 saturated carbocycles. The molecule has 2 heterocycles. The highest BCUT2D eigenvalue weighted by Crippen LogP contribution is 2.23. The number of morpholine rings is 1. The summed E-state index contributed by atoms with van der Waals surface area (Å²) in [4.78, 5) is 14.2. The van der Waals surface area contributed by atoms with Crippen LogP contribution in [0.3, 0.4) is 0 Å². The van der Waals surface area contributed by atoms with Gasteiger partial charge in [0, 0.05) is 38.4 Å². The number of halogens is 3. The van der Waals surface area contributed by atoms with Gasteiger partial charge in [0.05, 0.1) is 6.61 Å². The molecule has 2 unspecified atom stereocenters. The summed E-state index contributed by atoms with van der Waals surface area (Å²) in [7, 11) is 0. The Morgan fingerprint density at radius 3 is 2.75 bits per heavy atom. The monoisotopic (exact) mass is 379 g/mol. The molecular formula is C16H24Cl2FN3O2. The molecule has 1 aromatic carbocycles. The number of carbonyl (C=O) groups excluding carboxylic acids is 1. The molecule has 0 aromatic heterocycles. The van der Waals surface area contributed by atoms with Gasteiger partial charge in [-0.3, -0.25) is 4.79 Å². The quantitative estimate of drug-likeness (QED) is 0.834. The van der Waals surface area contributed by atoms with Gasteiger partial charge in [-0.25, -0.2) is 4.39 Å². The van der Waals surface area contributed by atoms with Crippen LogP contribution in [0.15, 0.2) is 24.3 Å². The number of carbonyl (C=O) groups is 1. The maximum atomic E-state index is 13.0. The number of nitrogens with zero attached hydrogens (tertiary/aromatic N) is 1. The van der Waals surface area contributed by atoms with Crippen LogP contribution in [-0.4, -0.2) is 51.3 Å². The third-order valence-corrected chi connectivity index (χ3v) is 4.26. The molecule has 0 bridgehead atoms. The smallest absolute Gasteiger partial charge is 0.250 e. The molecule has 0 aliphatic carbocycles. The van der Waals surface area contributed by atoms with Crippen molar-refractivity contribution in [2.75, 3.05) is 44.2 Å². The van der Waals surface area contributed by atoms with E-state index < -0.39 is 0 Å². The Kier molecular flexibility index (Phi) is 8.76. The molecule has 0 spiro atoms. The van der Waals surface area contributed by atoms with E-state index in [-0.39, 0.29) is 42.6 Å². The second kappa shape index (κ2) is 10.0. The number of amides is 1. The Balaban J connectivity index is 0.00000144. The largest absolute Gasteiger partial charge is 0.371 e. The molecule has 0 radical (unpaired) electrons. The summed E-state index contributed by atoms with van der Waals surface area (Å²) < 4.78 is 18.4. The van der Waals surface area contributed by atoms with Gasteiger partial charge in [-0.15, -0.1) is 24.8 Å². The number of rotatable bonds is 4. The second-order valence-corrected chi connectivity index (χ2v) is 5.89. The van der Waals surface area contributed by atoms with Crippen LogP contribution in [-0.2, 0) is 9.53 Å². The van der Waals surface area contributed by atoms with E-state index >= 15 is 0 Å². The van der Waals surface area contributed by atoms with E-state index in [4.69, 9.17) is 4.74 Å². The second-order valence-electron chi connectivity index (χ2n) is 5.89. The Bertz CT molecular complexity index is 513. The number of hydrogen-bond donors (Lipinski definition) is 2. The van der Waals surface area contributed by atoms with Crippen molar-refractivity contribution in [3.63, 3.8) is 0 Å². The molecular weight excluding hydrogens is 356 g/mol. The van der Waals surface area contributed by atoms with E-state index in [0.717, 1.165) is 31.7 Å². The number of hydrogen-bond acceptors (Lipinski definition) is 4. The molecule has 24 heavy (non-hydrogen) atoms. The topological polar surface area (TPSA) is 53.6 Å². The molecule has 2 atom stereocenters. The number of nitrogens with one attached hydrogen (secondary N) is 2. The SMILES string of the molecule is Cl.Cl.O=C(NCC1CCN(c2ccc(F)cc2)C1)C1CNCCO1. The molecule has 2 aliphatic heterocycles. The third kappa shape index (κ3) is 5.48. The average Bonchev–Trinajstić information content (AvgIpc) is 3.03. The molecule has 2 saturated heterocycles. The summed E-state index contributed by atoms with van der Waals surface area (Å²) in [6, 6.07) is 6.57. The van der Waals surface area contributed by atoms with Gasteiger partial charge in [-0.2, -0.15) is 0 Å². The maximum absolute atomic E-state index is 13.0. The van der Waals surface area contributed by atoms with Crippen molar-refractivity contribution in [2.24, 2.45) is 5.92 Å². The molecule has 5 nitrogen and oxygen atoms in total. The first kappa shape index (κ1) is 21.0. The summed E-state index contributed by atoms with van der Waals surface area (Å²) in [5, 5.41) is 6.14. The van der Waals surface area contributed by atoms with Gasteiger partial charge in [-0.1, -0.05) is 0 Å². The lowest BCUT2D eigenvalue weighted by Crippen LogP contribution is -2.48. The first-order valence-corrected chi connectivity index (χ1v) is 7.83. The summed E-state index contributed by atoms with van der Waals surface area (Å²) in [6.45, 7) is 4.46. The summed E-state index contributed by atoms with van der Waals surface area (Å²) in [6.07, 6.45) is 0.657. The first-order valence-electron chi connectivity index (χ1n) is 7.83. The minimum atomic E-state index is -0.372. The Hall–Kier alpha value is -1.08. The van der Waals surface area contributed by atoms with E-state index in [2.05, 4.69) is 15.5 Å². The fourth-order valence-electron chi connectivity index (χ4n) is 2.98. The van der Waals surface area contributed by atoms with Gasteiger partial charge in [0.1, 0.15) is 11.9 Å². The first-order chi connectivity index (χ1) is 10.7. The van der Waals surface area contributed by atoms with Crippen molar-refractivity contribution >= 4 is 36.4 Å². The van der Waals surface area contributed by atoms with Crippen LogP contribution in [0.1, 0.15) is 6.42 Å². The number of ether oxygens (including phenoxy) is 1. The molecule has 2 fully saturated rings. The zero-order valence-corrected chi connectivity index (χ0v) is 15.0. The predicted octanol–water partition coefficient (Wildman–Crippen LogP) is 1.60. The van der Waals surface area contributed by atoms with Crippen molar-refractivity contribution < 1.29 is 13.9 Å². The van der Waals surface area contributed by atoms with Crippen molar-refractivity contribution in [1.29, 1.82) is 0 Å². The minimum absolute atomic E-state index is 0. The fraction of sp³-hybridized carbons (Fsp3) is 0.562. The van der Waals surface area contributed by atoms with E-state index in [1.54, 1.807) is 12.1 Å². The van der Waals surface area contributed by atoms with Gasteiger partial charge in [0.25, 0.3) is 0 Å². The van der Waals surface area contributed by atoms with Crippen LogP contribution in [0.5, 0.6) is 0 Å². The van der Waals surface area contributed by atoms with Crippen LogP contribution in [0.25, 0.3) is 0 Å². The lowest BCUT2D eigenvalue weighted by Gasteiger charge is -2.23. The molecule has 2 aliphatic rings. The van der Waals surface area contributed by atoms with Crippen molar-refractivity contribution in [3.8, 4) is 0 Å². The molecule has 8 heteroatoms. The van der Waals surface area contributed by atoms with E-state index in [0.29, 0.717) is 25.6 Å². The minimum Gasteiger partial charge on any atom is -0.371 e. The summed E-state index contributed by atoms with van der Waals surface area (Å²) in [5.41, 5.74) is 1.04. The fourth-order valence-corrected chi connectivity index (χ4v) is 2.98. The van der Waals surface area contributed by atoms with E-state index in [1.165, 1.54) is 12.1 Å². The predicted molar refractivity (Wildman–Crippen MR) is 96.8 cm³/mol. The van der Waals surface area contributed by atoms with Crippen LogP contribution < -0.4 is 15.5 Å². The van der Waals surface area contributed by atoms with Crippen LogP contribution in [0, 0.1) is 11.7 Å². The number of benzene rings is 1. The van der Waals surface area contributed by atoms with Gasteiger partial charge >= 0.3 is 0 Å². The highest BCUT2D eigenvalue weighted by Gasteiger charge is 2.26. The van der Waals surface area contributed by atoms with Crippen LogP contribution in [0.4, 0.5) is 10.1 Å². The molecule has 136 valence electrons. The molecule has 1 aromatic rings. The molecule has 2 N–H and O–H groups in total. The van der Waals surface area contributed by atoms with E-state index in [1.807, 2.05) is 0 Å². The van der Waals surface area contributed by atoms with Gasteiger partial charge in [0.2, 0.25) is 5.91 Å². The lowest BCUT2D eigenvalue weighted by atomic mass is 10.1. The lowest BCUT2D eigenvalue weighted by molar-refractivity contribution is -0.134. The molecule has 3 rings (SSSR count). The highest BCUT2D eigenvalue weighted by atomic mass is 35.5. The van der Waals surface area contributed by atoms with Gasteiger partial charge in [0.15, 0.2) is 0 Å². The average molecular weight is 380 g/mol. The highest BCUT2D eigenvalue weighted by molar-refractivity contribution is 5.85. The Morgan fingerprint density at radius 1 is 1.33 bits per heavy atom. The summed E-state index contributed by atoms with van der Waals surface area (Å²) in [5.74, 6) is 0.172. The van der Waals surface area contributed by atoms with Crippen LogP contribution >= 0.6 is 24.8 Å². The zero-order valence-electron chi connectivity index (χ0n) is 13.4. The van der Waals surface area contributed by atoms with Gasteiger partial charge < -0.3 is 20.3 Å². The maximum Gasteiger partial charge on any atom is 0.250 e. The van der Waals surface area contributed by atoms with Crippen LogP contribution in [0.2, 0.25) is 0 Å². The van der Waals surface area contributed by atoms with Crippen molar-refractivity contribution in [3.05, 3.63) is 30.1 Å². The normalized spacial score (nSPS) is 23.1. The van der Waals surface area contributed by atoms with Crippen molar-refractivity contribution in [1.82, 2.24) is 10.6 Å². The zero-order chi connectivity index (χ0) is 15.4. The number of anilines is 1. The Labute approximate surface area is 154 Å². The van der Waals surface area contributed by atoms with E-state index in [9.17, 15) is 9.18 Å². The van der Waals surface area contributed by atoms with Crippen molar-refractivity contribution in [2.45, 2.75) is 12.5 Å². The van der Waals surface area contributed by atoms with Gasteiger partial charge in [-0.05, 0) is 36.6 Å². The Morgan fingerprint density at radius 2 is 2.08 bits per heavy atom. The summed E-state index contributed by atoms with van der Waals surface area (Å²) >= 11 is 0. The standard InChI is InChI=1S/C16H22FN3O2.2ClH/c17-13-1-3-14(4-2-13)20-7-5-12(11-20)9-19-16(21)15-10-18-6-8-22-15;;/h1-4,12,15,18H,5-11H2,(H,19,21);2*1H. The third-order valence-electron chi connectivity index (χ3n) is 4.26. The molecule has 1 amide bonds.